The third kappa shape index (κ3) is 4.68. The zero-order valence-corrected chi connectivity index (χ0v) is 19.9. The lowest BCUT2D eigenvalue weighted by molar-refractivity contribution is 0.270. The third-order valence-corrected chi connectivity index (χ3v) is 6.64. The molecule has 1 aromatic carbocycles. The van der Waals surface area contributed by atoms with Crippen LogP contribution in [0, 0.1) is 12.7 Å². The van der Waals surface area contributed by atoms with E-state index in [0.29, 0.717) is 53.7 Å². The number of anilines is 2. The predicted molar refractivity (Wildman–Crippen MR) is 134 cm³/mol. The van der Waals surface area contributed by atoms with Crippen LogP contribution in [0.2, 0.25) is 0 Å². The number of halogens is 2. The van der Waals surface area contributed by atoms with Crippen LogP contribution in [0.3, 0.4) is 0 Å². The third-order valence-electron chi connectivity index (χ3n) is 6.64. The molecule has 0 saturated heterocycles. The first-order valence-corrected chi connectivity index (χ1v) is 12.2. The van der Waals surface area contributed by atoms with Crippen molar-refractivity contribution in [3.05, 3.63) is 59.3 Å². The number of alkyl halides is 1. The molecule has 0 unspecified atom stereocenters. The summed E-state index contributed by atoms with van der Waals surface area (Å²) in [5, 5.41) is 11.1. The topological polar surface area (TPSA) is 94.8 Å². The molecule has 1 aliphatic heterocycles. The molecule has 0 atom stereocenters. The van der Waals surface area contributed by atoms with E-state index < -0.39 is 5.82 Å². The molecule has 0 spiro atoms. The van der Waals surface area contributed by atoms with Gasteiger partial charge in [0.2, 0.25) is 0 Å². The summed E-state index contributed by atoms with van der Waals surface area (Å²) in [4.78, 5) is 14.3. The maximum absolute atomic E-state index is 15.2. The lowest BCUT2D eigenvalue weighted by Crippen LogP contribution is -2.30. The quantitative estimate of drug-likeness (QED) is 0.297. The molecule has 1 fully saturated rings. The fourth-order valence-corrected chi connectivity index (χ4v) is 4.57. The molecule has 8 nitrogen and oxygen atoms in total. The van der Waals surface area contributed by atoms with Crippen LogP contribution in [0.1, 0.15) is 42.3 Å². The van der Waals surface area contributed by atoms with Crippen LogP contribution < -0.4 is 10.1 Å². The normalized spacial score (nSPS) is 16.4. The van der Waals surface area contributed by atoms with Crippen molar-refractivity contribution in [3.8, 4) is 11.8 Å². The Hall–Kier alpha value is -3.79. The molecule has 186 valence electrons. The molecule has 36 heavy (non-hydrogen) atoms. The van der Waals surface area contributed by atoms with Crippen LogP contribution in [-0.2, 0) is 0 Å². The number of aromatic nitrogens is 5. The van der Waals surface area contributed by atoms with Gasteiger partial charge in [-0.2, -0.15) is 15.1 Å². The first-order chi connectivity index (χ1) is 17.6. The van der Waals surface area contributed by atoms with Gasteiger partial charge in [0.1, 0.15) is 12.5 Å². The van der Waals surface area contributed by atoms with E-state index in [4.69, 9.17) is 4.74 Å². The number of nitrogens with one attached hydrogen (secondary N) is 3. The van der Waals surface area contributed by atoms with Crippen LogP contribution in [0.5, 0.6) is 11.8 Å². The van der Waals surface area contributed by atoms with Gasteiger partial charge in [0.25, 0.3) is 0 Å². The van der Waals surface area contributed by atoms with Crippen molar-refractivity contribution in [2.45, 2.75) is 32.1 Å². The number of aromatic amines is 2. The fourth-order valence-electron chi connectivity index (χ4n) is 4.57. The van der Waals surface area contributed by atoms with E-state index in [2.05, 4.69) is 30.5 Å². The van der Waals surface area contributed by atoms with Crippen molar-refractivity contribution in [1.29, 1.82) is 0 Å². The van der Waals surface area contributed by atoms with Gasteiger partial charge in [0.15, 0.2) is 17.4 Å². The van der Waals surface area contributed by atoms with E-state index in [1.807, 2.05) is 30.0 Å². The smallest absolute Gasteiger partial charge is 0.324 e. The Morgan fingerprint density at radius 2 is 2.06 bits per heavy atom. The zero-order chi connectivity index (χ0) is 24.6. The van der Waals surface area contributed by atoms with Gasteiger partial charge in [-0.25, -0.2) is 8.78 Å². The Balaban J connectivity index is 1.32. The molecule has 1 aliphatic carbocycles. The Kier molecular flexibility index (Phi) is 5.88. The number of rotatable bonds is 8. The number of fused-ring (bicyclic) bond motifs is 1. The number of nitrogens with zero attached hydrogens (tertiary/aromatic N) is 4. The highest BCUT2D eigenvalue weighted by atomic mass is 19.1. The molecular weight excluding hydrogens is 464 g/mol. The van der Waals surface area contributed by atoms with Gasteiger partial charge in [-0.05, 0) is 50.0 Å². The molecular formula is C26H27F2N7O. The summed E-state index contributed by atoms with van der Waals surface area (Å²) < 4.78 is 33.8. The summed E-state index contributed by atoms with van der Waals surface area (Å²) in [6, 6.07) is 8.94. The summed E-state index contributed by atoms with van der Waals surface area (Å²) in [5.74, 6) is 1.26. The van der Waals surface area contributed by atoms with Gasteiger partial charge in [-0.1, -0.05) is 6.08 Å². The van der Waals surface area contributed by atoms with E-state index in [1.165, 1.54) is 12.8 Å². The lowest BCUT2D eigenvalue weighted by Gasteiger charge is -2.25. The maximum Gasteiger partial charge on any atom is 0.324 e. The Morgan fingerprint density at radius 3 is 2.83 bits per heavy atom. The monoisotopic (exact) mass is 491 g/mol. The van der Waals surface area contributed by atoms with Crippen molar-refractivity contribution in [2.75, 3.05) is 31.6 Å². The van der Waals surface area contributed by atoms with Gasteiger partial charge in [-0.15, -0.1) is 0 Å². The van der Waals surface area contributed by atoms with Crippen molar-refractivity contribution in [2.24, 2.45) is 0 Å². The van der Waals surface area contributed by atoms with Crippen LogP contribution in [0.15, 0.2) is 36.4 Å². The minimum Gasteiger partial charge on any atom is -0.421 e. The van der Waals surface area contributed by atoms with Gasteiger partial charge in [0.05, 0.1) is 5.69 Å². The average Bonchev–Trinajstić information content (AvgIpc) is 3.50. The Bertz CT molecular complexity index is 1440. The zero-order valence-electron chi connectivity index (χ0n) is 19.9. The van der Waals surface area contributed by atoms with Crippen LogP contribution in [0.25, 0.3) is 16.5 Å². The number of benzene rings is 1. The molecule has 0 radical (unpaired) electrons. The molecule has 4 heterocycles. The highest BCUT2D eigenvalue weighted by Crippen LogP contribution is 2.40. The molecule has 4 aromatic rings. The van der Waals surface area contributed by atoms with E-state index in [0.717, 1.165) is 23.5 Å². The lowest BCUT2D eigenvalue weighted by atomic mass is 10.0. The Morgan fingerprint density at radius 1 is 1.17 bits per heavy atom. The summed E-state index contributed by atoms with van der Waals surface area (Å²) in [6.07, 6.45) is 5.10. The van der Waals surface area contributed by atoms with Crippen molar-refractivity contribution in [3.63, 3.8) is 0 Å². The second-order valence-corrected chi connectivity index (χ2v) is 9.39. The standard InChI is InChI=1S/C26H27F2N7O/c1-15-12-18-19(29-15)4-5-22(25(18)28)36-26-30-20(17-6-9-35(10-7-17)11-8-27)13-23(32-26)31-24-14-21(33-34-24)16-2-3-16/h4-6,12-14,16,29H,2-3,7-11H2,1H3,(H2,30,31,32,33,34). The summed E-state index contributed by atoms with van der Waals surface area (Å²) in [7, 11) is 0. The first-order valence-electron chi connectivity index (χ1n) is 12.2. The highest BCUT2D eigenvalue weighted by molar-refractivity contribution is 5.82. The first kappa shape index (κ1) is 22.7. The van der Waals surface area contributed by atoms with Crippen LogP contribution >= 0.6 is 0 Å². The molecule has 0 bridgehead atoms. The molecule has 1 saturated carbocycles. The summed E-state index contributed by atoms with van der Waals surface area (Å²) in [6.45, 7) is 3.30. The minimum absolute atomic E-state index is 0.0329. The Labute approximate surface area is 206 Å². The highest BCUT2D eigenvalue weighted by Gasteiger charge is 2.26. The SMILES string of the molecule is Cc1cc2c(F)c(Oc3nc(Nc4cc(C5CC5)[nH]n4)cc(C4=CCN(CCF)CC4)n3)ccc2[nH]1. The van der Waals surface area contributed by atoms with E-state index in [1.54, 1.807) is 18.2 Å². The molecule has 3 N–H and O–H groups in total. The summed E-state index contributed by atoms with van der Waals surface area (Å²) in [5.41, 5.74) is 4.35. The van der Waals surface area contributed by atoms with Crippen molar-refractivity contribution in [1.82, 2.24) is 30.0 Å². The van der Waals surface area contributed by atoms with Gasteiger partial charge >= 0.3 is 6.01 Å². The summed E-state index contributed by atoms with van der Waals surface area (Å²) >= 11 is 0. The molecule has 10 heteroatoms. The van der Waals surface area contributed by atoms with Gasteiger partial charge < -0.3 is 15.0 Å². The molecule has 0 amide bonds. The number of hydrogen-bond donors (Lipinski definition) is 3. The maximum atomic E-state index is 15.2. The van der Waals surface area contributed by atoms with Crippen molar-refractivity contribution < 1.29 is 13.5 Å². The van der Waals surface area contributed by atoms with Crippen LogP contribution in [0.4, 0.5) is 20.4 Å². The second-order valence-electron chi connectivity index (χ2n) is 9.39. The largest absolute Gasteiger partial charge is 0.421 e. The second kappa shape index (κ2) is 9.34. The number of hydrogen-bond acceptors (Lipinski definition) is 6. The average molecular weight is 492 g/mol. The molecule has 6 rings (SSSR count). The number of ether oxygens (including phenoxy) is 1. The number of aryl methyl sites for hydroxylation is 1. The van der Waals surface area contributed by atoms with E-state index in [9.17, 15) is 4.39 Å². The minimum atomic E-state index is -0.472. The fraction of sp³-hybridized carbons (Fsp3) is 0.346. The van der Waals surface area contributed by atoms with E-state index >= 15 is 4.39 Å². The molecule has 3 aromatic heterocycles. The van der Waals surface area contributed by atoms with Crippen LogP contribution in [-0.4, -0.2) is 56.4 Å². The van der Waals surface area contributed by atoms with Gasteiger partial charge in [-0.3, -0.25) is 10.00 Å². The predicted octanol–water partition coefficient (Wildman–Crippen LogP) is 5.60. The van der Waals surface area contributed by atoms with Gasteiger partial charge in [0, 0.05) is 60.0 Å². The van der Waals surface area contributed by atoms with E-state index in [-0.39, 0.29) is 18.4 Å². The van der Waals surface area contributed by atoms with Crippen molar-refractivity contribution >= 4 is 28.1 Å². The number of H-pyrrole nitrogens is 2. The molecule has 2 aliphatic rings.